The van der Waals surface area contributed by atoms with Crippen LogP contribution < -0.4 is 4.72 Å². The molecule has 4 atom stereocenters. The zero-order valence-electron chi connectivity index (χ0n) is 11.8. The maximum Gasteiger partial charge on any atom is 0.250 e. The van der Waals surface area contributed by atoms with E-state index in [2.05, 4.69) is 4.72 Å². The van der Waals surface area contributed by atoms with Crippen LogP contribution in [0.1, 0.15) is 29.7 Å². The van der Waals surface area contributed by atoms with Gasteiger partial charge < -0.3 is 5.11 Å². The highest BCUT2D eigenvalue weighted by atomic mass is 32.2. The zero-order chi connectivity index (χ0) is 14.5. The van der Waals surface area contributed by atoms with Gasteiger partial charge in [0, 0.05) is 23.4 Å². The van der Waals surface area contributed by atoms with E-state index in [1.54, 1.807) is 6.07 Å². The van der Waals surface area contributed by atoms with Gasteiger partial charge in [0.15, 0.2) is 0 Å². The van der Waals surface area contributed by atoms with Gasteiger partial charge in [0.05, 0.1) is 0 Å². The van der Waals surface area contributed by atoms with Gasteiger partial charge in [0.2, 0.25) is 10.0 Å². The average Bonchev–Trinajstić information content (AvgIpc) is 3.05. The van der Waals surface area contributed by atoms with Crippen molar-refractivity contribution in [1.82, 2.24) is 4.72 Å². The Morgan fingerprint density at radius 3 is 2.65 bits per heavy atom. The molecule has 0 amide bonds. The highest BCUT2D eigenvalue weighted by Gasteiger charge is 2.48. The van der Waals surface area contributed by atoms with Crippen LogP contribution in [0.15, 0.2) is 10.3 Å². The van der Waals surface area contributed by atoms with Crippen molar-refractivity contribution in [3.05, 3.63) is 16.5 Å². The van der Waals surface area contributed by atoms with Gasteiger partial charge in [-0.15, -0.1) is 11.3 Å². The van der Waals surface area contributed by atoms with Crippen molar-refractivity contribution in [2.45, 2.75) is 43.4 Å². The summed E-state index contributed by atoms with van der Waals surface area (Å²) >= 11 is 1.32. The third-order valence-corrected chi connectivity index (χ3v) is 8.08. The molecule has 1 heterocycles. The van der Waals surface area contributed by atoms with Gasteiger partial charge in [0.25, 0.3) is 0 Å². The van der Waals surface area contributed by atoms with Crippen molar-refractivity contribution in [1.29, 1.82) is 0 Å². The summed E-state index contributed by atoms with van der Waals surface area (Å²) in [6, 6.07) is 1.65. The van der Waals surface area contributed by atoms with Crippen LogP contribution in [0, 0.1) is 31.6 Å². The van der Waals surface area contributed by atoms with Crippen molar-refractivity contribution in [3.8, 4) is 0 Å². The van der Waals surface area contributed by atoms with E-state index in [4.69, 9.17) is 0 Å². The summed E-state index contributed by atoms with van der Waals surface area (Å²) in [4.78, 5) is 1.04. The topological polar surface area (TPSA) is 66.4 Å². The number of hydrogen-bond donors (Lipinski definition) is 2. The Hall–Kier alpha value is -0.430. The Kier molecular flexibility index (Phi) is 3.69. The molecule has 2 aliphatic rings. The van der Waals surface area contributed by atoms with E-state index in [1.807, 2.05) is 13.8 Å². The van der Waals surface area contributed by atoms with E-state index < -0.39 is 10.0 Å². The fourth-order valence-electron chi connectivity index (χ4n) is 3.77. The zero-order valence-corrected chi connectivity index (χ0v) is 13.4. The van der Waals surface area contributed by atoms with Crippen molar-refractivity contribution in [3.63, 3.8) is 0 Å². The van der Waals surface area contributed by atoms with E-state index in [-0.39, 0.29) is 18.6 Å². The van der Waals surface area contributed by atoms with E-state index in [9.17, 15) is 13.5 Å². The first-order chi connectivity index (χ1) is 9.42. The molecule has 0 aliphatic heterocycles. The van der Waals surface area contributed by atoms with Crippen LogP contribution in [0.5, 0.6) is 0 Å². The number of nitrogens with one attached hydrogen (secondary N) is 1. The van der Waals surface area contributed by atoms with Crippen molar-refractivity contribution >= 4 is 21.4 Å². The number of aryl methyl sites for hydroxylation is 2. The van der Waals surface area contributed by atoms with Crippen molar-refractivity contribution < 1.29 is 13.5 Å². The molecular formula is C14H21NO3S2. The molecule has 112 valence electrons. The van der Waals surface area contributed by atoms with E-state index in [1.165, 1.54) is 11.3 Å². The Bertz CT molecular complexity index is 588. The lowest BCUT2D eigenvalue weighted by Gasteiger charge is -2.29. The summed E-state index contributed by atoms with van der Waals surface area (Å²) in [5.74, 6) is 0.976. The lowest BCUT2D eigenvalue weighted by molar-refractivity contribution is 0.153. The van der Waals surface area contributed by atoms with Gasteiger partial charge in [-0.2, -0.15) is 0 Å². The fourth-order valence-corrected chi connectivity index (χ4v) is 6.65. The molecule has 2 bridgehead atoms. The molecule has 2 fully saturated rings. The normalized spacial score (nSPS) is 33.0. The van der Waals surface area contributed by atoms with Gasteiger partial charge in [-0.3, -0.25) is 0 Å². The Labute approximate surface area is 124 Å². The minimum absolute atomic E-state index is 0.0802. The molecule has 0 unspecified atom stereocenters. The maximum atomic E-state index is 12.5. The molecule has 20 heavy (non-hydrogen) atoms. The molecule has 1 aromatic rings. The predicted octanol–water partition coefficient (Wildman–Crippen LogP) is 2.05. The minimum atomic E-state index is -3.45. The SMILES string of the molecule is Cc1cc(S(=O)(=O)N[C@@H]2[C@H]3CC[C@@H](C3)[C@H]2CO)sc1C. The average molecular weight is 315 g/mol. The molecule has 2 N–H and O–H groups in total. The molecule has 6 heteroatoms. The molecule has 0 radical (unpaired) electrons. The van der Waals surface area contributed by atoms with Crippen molar-refractivity contribution in [2.24, 2.45) is 17.8 Å². The molecule has 0 spiro atoms. The largest absolute Gasteiger partial charge is 0.396 e. The van der Waals surface area contributed by atoms with E-state index in [0.717, 1.165) is 29.7 Å². The molecule has 0 saturated heterocycles. The summed E-state index contributed by atoms with van der Waals surface area (Å²) in [7, 11) is -3.45. The molecule has 4 nitrogen and oxygen atoms in total. The smallest absolute Gasteiger partial charge is 0.250 e. The molecule has 3 rings (SSSR count). The molecule has 1 aromatic heterocycles. The molecular weight excluding hydrogens is 294 g/mol. The van der Waals surface area contributed by atoms with Gasteiger partial charge in [-0.05, 0) is 56.6 Å². The number of aliphatic hydroxyl groups is 1. The first-order valence-corrected chi connectivity index (χ1v) is 9.42. The molecule has 2 saturated carbocycles. The van der Waals surface area contributed by atoms with Crippen LogP contribution in [0.25, 0.3) is 0 Å². The number of aliphatic hydroxyl groups excluding tert-OH is 1. The predicted molar refractivity (Wildman–Crippen MR) is 79.3 cm³/mol. The second-order valence-electron chi connectivity index (χ2n) is 6.13. The number of rotatable bonds is 4. The summed E-state index contributed by atoms with van der Waals surface area (Å²) in [5, 5.41) is 9.54. The van der Waals surface area contributed by atoms with Crippen LogP contribution in [0.4, 0.5) is 0 Å². The van der Waals surface area contributed by atoms with Gasteiger partial charge in [-0.25, -0.2) is 13.1 Å². The van der Waals surface area contributed by atoms with E-state index in [0.29, 0.717) is 16.0 Å². The van der Waals surface area contributed by atoms with Crippen LogP contribution in [0.3, 0.4) is 0 Å². The molecule has 0 aromatic carbocycles. The van der Waals surface area contributed by atoms with Gasteiger partial charge in [-0.1, -0.05) is 0 Å². The lowest BCUT2D eigenvalue weighted by Crippen LogP contribution is -2.44. The number of fused-ring (bicyclic) bond motifs is 2. The molecule has 2 aliphatic carbocycles. The summed E-state index contributed by atoms with van der Waals surface area (Å²) in [6.45, 7) is 3.95. The number of sulfonamides is 1. The first kappa shape index (κ1) is 14.5. The second-order valence-corrected chi connectivity index (χ2v) is 9.33. The fraction of sp³-hybridized carbons (Fsp3) is 0.714. The van der Waals surface area contributed by atoms with Crippen molar-refractivity contribution in [2.75, 3.05) is 6.61 Å². The van der Waals surface area contributed by atoms with Crippen LogP contribution in [0.2, 0.25) is 0 Å². The van der Waals surface area contributed by atoms with Crippen LogP contribution in [-0.2, 0) is 10.0 Å². The Morgan fingerprint density at radius 1 is 1.35 bits per heavy atom. The monoisotopic (exact) mass is 315 g/mol. The van der Waals surface area contributed by atoms with Crippen LogP contribution in [-0.4, -0.2) is 26.2 Å². The summed E-state index contributed by atoms with van der Waals surface area (Å²) in [6.07, 6.45) is 3.27. The second kappa shape index (κ2) is 5.09. The summed E-state index contributed by atoms with van der Waals surface area (Å²) in [5.41, 5.74) is 1.02. The highest BCUT2D eigenvalue weighted by molar-refractivity contribution is 7.91. The number of hydrogen-bond acceptors (Lipinski definition) is 4. The number of thiophene rings is 1. The minimum Gasteiger partial charge on any atom is -0.396 e. The third-order valence-electron chi connectivity index (χ3n) is 5.00. The maximum absolute atomic E-state index is 12.5. The standard InChI is InChI=1S/C14H21NO3S2/c1-8-5-13(19-9(8)2)20(17,18)15-14-11-4-3-10(6-11)12(14)7-16/h5,10-12,14-16H,3-4,6-7H2,1-2H3/t10-,11-,12+,14+/m0/s1. The third kappa shape index (κ3) is 2.32. The Morgan fingerprint density at radius 2 is 2.05 bits per heavy atom. The van der Waals surface area contributed by atoms with Gasteiger partial charge >= 0.3 is 0 Å². The quantitative estimate of drug-likeness (QED) is 0.893. The first-order valence-electron chi connectivity index (χ1n) is 7.12. The van der Waals surface area contributed by atoms with Gasteiger partial charge in [0.1, 0.15) is 4.21 Å². The highest BCUT2D eigenvalue weighted by Crippen LogP contribution is 2.48. The summed E-state index contributed by atoms with van der Waals surface area (Å²) < 4.78 is 28.3. The van der Waals surface area contributed by atoms with E-state index >= 15 is 0 Å². The Balaban J connectivity index is 1.83. The lowest BCUT2D eigenvalue weighted by atomic mass is 9.86. The van der Waals surface area contributed by atoms with Crippen LogP contribution >= 0.6 is 11.3 Å².